The Bertz CT molecular complexity index is 2800. The lowest BCUT2D eigenvalue weighted by Crippen LogP contribution is -2.10. The average molecular weight is 628 g/mol. The zero-order valence-corrected chi connectivity index (χ0v) is 26.7. The van der Waals surface area contributed by atoms with Crippen molar-refractivity contribution in [1.82, 2.24) is 0 Å². The molecule has 0 saturated carbocycles. The van der Waals surface area contributed by atoms with Gasteiger partial charge in [0.15, 0.2) is 0 Å². The Morgan fingerprint density at radius 3 is 1.67 bits per heavy atom. The zero-order chi connectivity index (χ0) is 36.1. The van der Waals surface area contributed by atoms with Crippen molar-refractivity contribution in [2.45, 2.75) is 0 Å². The van der Waals surface area contributed by atoms with E-state index in [9.17, 15) is 5.48 Å². The van der Waals surface area contributed by atoms with E-state index >= 15 is 0 Å². The lowest BCUT2D eigenvalue weighted by atomic mass is 9.97. The quantitative estimate of drug-likeness (QED) is 0.166. The van der Waals surface area contributed by atoms with E-state index < -0.39 is 0 Å². The van der Waals surface area contributed by atoms with Gasteiger partial charge in [-0.1, -0.05) is 152 Å². The second kappa shape index (κ2) is 12.3. The highest BCUT2D eigenvalue weighted by Crippen LogP contribution is 2.39. The van der Waals surface area contributed by atoms with Gasteiger partial charge in [0.1, 0.15) is 0 Å². The second-order valence-corrected chi connectivity index (χ2v) is 12.3. The molecule has 0 aliphatic heterocycles. The van der Waals surface area contributed by atoms with Crippen molar-refractivity contribution < 1.29 is 5.48 Å². The van der Waals surface area contributed by atoms with Gasteiger partial charge < -0.3 is 4.90 Å². The third-order valence-corrected chi connectivity index (χ3v) is 9.29. The summed E-state index contributed by atoms with van der Waals surface area (Å²) in [7, 11) is 0. The number of benzene rings is 9. The predicted molar refractivity (Wildman–Crippen MR) is 210 cm³/mol. The van der Waals surface area contributed by atoms with Crippen molar-refractivity contribution in [2.24, 2.45) is 0 Å². The Morgan fingerprint density at radius 2 is 0.837 bits per heavy atom. The van der Waals surface area contributed by atoms with E-state index in [-0.39, 0.29) is 35.4 Å². The number of hydrogen-bond donors (Lipinski definition) is 0. The van der Waals surface area contributed by atoms with Gasteiger partial charge in [-0.2, -0.15) is 0 Å². The summed E-state index contributed by atoms with van der Waals surface area (Å²) in [5.74, 6) is 0. The van der Waals surface area contributed by atoms with Crippen LogP contribution in [0.1, 0.15) is 5.48 Å². The van der Waals surface area contributed by atoms with Crippen molar-refractivity contribution in [3.8, 4) is 33.4 Å². The van der Waals surface area contributed by atoms with Crippen molar-refractivity contribution in [2.75, 3.05) is 4.90 Å². The smallest absolute Gasteiger partial charge is 0.0645 e. The molecule has 1 nitrogen and oxygen atoms in total. The molecule has 0 bridgehead atoms. The molecule has 0 radical (unpaired) electrons. The maximum Gasteiger partial charge on any atom is 0.0645 e. The zero-order valence-electron chi connectivity index (χ0n) is 30.7. The fourth-order valence-electron chi connectivity index (χ4n) is 6.76. The van der Waals surface area contributed by atoms with E-state index in [4.69, 9.17) is 0 Å². The summed E-state index contributed by atoms with van der Waals surface area (Å²) >= 11 is 0. The van der Waals surface area contributed by atoms with Gasteiger partial charge in [0.05, 0.1) is 5.48 Å². The molecular weight excluding hydrogens is 591 g/mol. The standard InChI is InChI=1S/C48H33N/c1-2-9-34(10-3-1)36-21-26-44(27-22-36)49(46-15-8-14-40(33-46)42-19-17-35-11-4-5-13-39(35)31-42)45-28-23-37(24-29-45)41-25-30-48-43(32-41)20-18-38-12-6-7-16-47(38)48/h1-33H/i23D,24D,28D,29D. The molecular formula is C48H33N. The van der Waals surface area contributed by atoms with Gasteiger partial charge in [0, 0.05) is 17.1 Å². The van der Waals surface area contributed by atoms with Crippen LogP contribution in [0.5, 0.6) is 0 Å². The Morgan fingerprint density at radius 1 is 0.286 bits per heavy atom. The molecule has 0 amide bonds. The van der Waals surface area contributed by atoms with Gasteiger partial charge >= 0.3 is 0 Å². The Balaban J connectivity index is 1.21. The number of fused-ring (bicyclic) bond motifs is 4. The van der Waals surface area contributed by atoms with Crippen molar-refractivity contribution in [3.05, 3.63) is 200 Å². The highest BCUT2D eigenvalue weighted by Gasteiger charge is 2.15. The summed E-state index contributed by atoms with van der Waals surface area (Å²) in [6.07, 6.45) is 0. The largest absolute Gasteiger partial charge is 0.310 e. The van der Waals surface area contributed by atoms with Gasteiger partial charge in [-0.3, -0.25) is 0 Å². The van der Waals surface area contributed by atoms with Gasteiger partial charge in [0.2, 0.25) is 0 Å². The molecule has 0 spiro atoms. The number of rotatable bonds is 6. The summed E-state index contributed by atoms with van der Waals surface area (Å²) in [6, 6.07) is 58.8. The third-order valence-electron chi connectivity index (χ3n) is 9.29. The monoisotopic (exact) mass is 627 g/mol. The van der Waals surface area contributed by atoms with Crippen molar-refractivity contribution >= 4 is 49.4 Å². The molecule has 9 rings (SSSR count). The van der Waals surface area contributed by atoms with Gasteiger partial charge in [-0.25, -0.2) is 0 Å². The Kier molecular flexibility index (Phi) is 6.20. The minimum Gasteiger partial charge on any atom is -0.310 e. The number of hydrogen-bond acceptors (Lipinski definition) is 1. The van der Waals surface area contributed by atoms with Crippen molar-refractivity contribution in [1.29, 1.82) is 0 Å². The van der Waals surface area contributed by atoms with Gasteiger partial charge in [-0.15, -0.1) is 0 Å². The minimum atomic E-state index is -0.108. The van der Waals surface area contributed by atoms with Crippen LogP contribution in [-0.4, -0.2) is 0 Å². The number of nitrogens with zero attached hydrogens (tertiary/aromatic N) is 1. The molecule has 1 heteroatoms. The topological polar surface area (TPSA) is 3.24 Å². The summed E-state index contributed by atoms with van der Waals surface area (Å²) in [5, 5.41) is 6.63. The van der Waals surface area contributed by atoms with Crippen LogP contribution in [0.15, 0.2) is 200 Å². The highest BCUT2D eigenvalue weighted by atomic mass is 15.1. The first kappa shape index (κ1) is 24.7. The summed E-state index contributed by atoms with van der Waals surface area (Å²) in [5.41, 5.74) is 6.73. The summed E-state index contributed by atoms with van der Waals surface area (Å²) in [6.45, 7) is 0. The molecule has 0 atom stereocenters. The summed E-state index contributed by atoms with van der Waals surface area (Å²) in [4.78, 5) is 1.86. The van der Waals surface area contributed by atoms with Crippen LogP contribution in [0, 0.1) is 0 Å². The van der Waals surface area contributed by atoms with E-state index in [1.54, 1.807) is 0 Å². The maximum absolute atomic E-state index is 9.48. The Hall–Kier alpha value is -6.44. The second-order valence-electron chi connectivity index (χ2n) is 12.3. The van der Waals surface area contributed by atoms with E-state index in [0.717, 1.165) is 65.9 Å². The molecule has 49 heavy (non-hydrogen) atoms. The first-order valence-corrected chi connectivity index (χ1v) is 16.5. The molecule has 0 fully saturated rings. The molecule has 0 N–H and O–H groups in total. The first-order chi connectivity index (χ1) is 25.9. The van der Waals surface area contributed by atoms with Crippen LogP contribution in [0.2, 0.25) is 0 Å². The molecule has 230 valence electrons. The predicted octanol–water partition coefficient (Wildman–Crippen LogP) is 13.6. The minimum absolute atomic E-state index is 0.0854. The van der Waals surface area contributed by atoms with E-state index in [1.165, 1.54) is 0 Å². The maximum atomic E-state index is 9.48. The molecule has 0 aliphatic carbocycles. The van der Waals surface area contributed by atoms with Crippen LogP contribution in [-0.2, 0) is 0 Å². The lowest BCUT2D eigenvalue weighted by Gasteiger charge is -2.26. The molecule has 0 aliphatic rings. The van der Waals surface area contributed by atoms with Gasteiger partial charge in [-0.05, 0) is 114 Å². The lowest BCUT2D eigenvalue weighted by molar-refractivity contribution is 1.28. The first-order valence-electron chi connectivity index (χ1n) is 18.5. The molecule has 0 saturated heterocycles. The van der Waals surface area contributed by atoms with E-state index in [1.807, 2.05) is 102 Å². The molecule has 0 heterocycles. The normalized spacial score (nSPS) is 12.4. The van der Waals surface area contributed by atoms with Gasteiger partial charge in [0.25, 0.3) is 0 Å². The Labute approximate surface area is 292 Å². The SMILES string of the molecule is [2H]c1c([2H])c(N(c2ccc(-c3ccccc3)cc2)c2cccc(-c3ccc4ccccc4c3)c2)c([2H])c([2H])c1-c1ccc2c(ccc3ccccc32)c1. The molecule has 9 aromatic carbocycles. The molecule has 0 aromatic heterocycles. The van der Waals surface area contributed by atoms with E-state index in [0.29, 0.717) is 5.56 Å². The van der Waals surface area contributed by atoms with Crippen molar-refractivity contribution in [3.63, 3.8) is 0 Å². The van der Waals surface area contributed by atoms with Crippen LogP contribution in [0.25, 0.3) is 65.7 Å². The van der Waals surface area contributed by atoms with Crippen LogP contribution in [0.4, 0.5) is 17.1 Å². The van der Waals surface area contributed by atoms with Crippen LogP contribution >= 0.6 is 0 Å². The third kappa shape index (κ3) is 5.52. The number of anilines is 3. The van der Waals surface area contributed by atoms with Crippen LogP contribution < -0.4 is 4.90 Å². The highest BCUT2D eigenvalue weighted by molar-refractivity contribution is 6.08. The summed E-state index contributed by atoms with van der Waals surface area (Å²) < 4.78 is 37.7. The van der Waals surface area contributed by atoms with E-state index in [2.05, 4.69) is 78.9 Å². The van der Waals surface area contributed by atoms with Crippen LogP contribution in [0.3, 0.4) is 0 Å². The fraction of sp³-hybridized carbons (Fsp3) is 0. The average Bonchev–Trinajstić information content (AvgIpc) is 3.22. The fourth-order valence-corrected chi connectivity index (χ4v) is 6.76. The molecule has 9 aromatic rings. The molecule has 0 unspecified atom stereocenters.